The van der Waals surface area contributed by atoms with Gasteiger partial charge >= 0.3 is 0 Å². The fourth-order valence-corrected chi connectivity index (χ4v) is 3.10. The number of carbonyl (C=O) groups is 1. The molecule has 3 heteroatoms. The van der Waals surface area contributed by atoms with E-state index in [1.165, 1.54) is 0 Å². The predicted octanol–water partition coefficient (Wildman–Crippen LogP) is 0.345. The van der Waals surface area contributed by atoms with Gasteiger partial charge in [-0.1, -0.05) is 13.8 Å². The largest absolute Gasteiger partial charge is 0.396 e. The van der Waals surface area contributed by atoms with E-state index in [2.05, 4.69) is 0 Å². The first kappa shape index (κ1) is 9.16. The van der Waals surface area contributed by atoms with Gasteiger partial charge in [-0.25, -0.2) is 0 Å². The lowest BCUT2D eigenvalue weighted by atomic mass is 9.69. The molecule has 0 aromatic carbocycles. The minimum Gasteiger partial charge on any atom is -0.396 e. The van der Waals surface area contributed by atoms with Gasteiger partial charge in [0.2, 0.25) is 0 Å². The van der Waals surface area contributed by atoms with Crippen molar-refractivity contribution >= 4 is 5.78 Å². The lowest BCUT2D eigenvalue weighted by molar-refractivity contribution is -0.124. The first-order valence-electron chi connectivity index (χ1n) is 4.77. The van der Waals surface area contributed by atoms with Gasteiger partial charge in [0.15, 0.2) is 0 Å². The highest BCUT2D eigenvalue weighted by molar-refractivity contribution is 5.87. The second-order valence-corrected chi connectivity index (χ2v) is 4.94. The third kappa shape index (κ3) is 0.796. The third-order valence-electron chi connectivity index (χ3n) is 4.53. The summed E-state index contributed by atoms with van der Waals surface area (Å²) in [7, 11) is 0. The highest BCUT2D eigenvalue weighted by Crippen LogP contribution is 2.63. The van der Waals surface area contributed by atoms with E-state index < -0.39 is 16.9 Å². The minimum atomic E-state index is -0.424. The molecular formula is C10H16O3. The molecule has 3 nitrogen and oxygen atoms in total. The summed E-state index contributed by atoms with van der Waals surface area (Å²) in [5.74, 6) is 0.0850. The molecule has 74 valence electrons. The van der Waals surface area contributed by atoms with Crippen LogP contribution in [0.25, 0.3) is 0 Å². The zero-order valence-corrected chi connectivity index (χ0v) is 8.08. The van der Waals surface area contributed by atoms with Crippen LogP contribution < -0.4 is 0 Å². The number of fused-ring (bicyclic) bond motifs is 2. The van der Waals surface area contributed by atoms with Crippen molar-refractivity contribution < 1.29 is 15.0 Å². The molecule has 0 spiro atoms. The fraction of sp³-hybridized carbons (Fsp3) is 0.900. The number of ketones is 1. The molecular weight excluding hydrogens is 168 g/mol. The van der Waals surface area contributed by atoms with Gasteiger partial charge in [0, 0.05) is 29.8 Å². The molecule has 0 aromatic rings. The molecule has 0 saturated heterocycles. The first-order valence-corrected chi connectivity index (χ1v) is 4.77. The van der Waals surface area contributed by atoms with Gasteiger partial charge in [0.25, 0.3) is 0 Å². The highest BCUT2D eigenvalue weighted by atomic mass is 16.3. The summed E-state index contributed by atoms with van der Waals surface area (Å²) in [5.41, 5.74) is -0.799. The molecule has 2 rings (SSSR count). The second-order valence-electron chi connectivity index (χ2n) is 4.94. The van der Waals surface area contributed by atoms with Crippen molar-refractivity contribution in [3.8, 4) is 0 Å². The highest BCUT2D eigenvalue weighted by Gasteiger charge is 2.67. The number of aliphatic hydroxyl groups is 2. The van der Waals surface area contributed by atoms with Gasteiger partial charge in [-0.2, -0.15) is 0 Å². The molecule has 2 saturated carbocycles. The van der Waals surface area contributed by atoms with Crippen LogP contribution in [-0.4, -0.2) is 28.7 Å². The normalized spacial score (nSPS) is 54.6. The topological polar surface area (TPSA) is 57.5 Å². The van der Waals surface area contributed by atoms with E-state index in [4.69, 9.17) is 0 Å². The molecule has 2 bridgehead atoms. The Morgan fingerprint density at radius 3 is 2.46 bits per heavy atom. The Kier molecular flexibility index (Phi) is 1.65. The van der Waals surface area contributed by atoms with E-state index in [1.807, 2.05) is 13.8 Å². The maximum Gasteiger partial charge on any atom is 0.137 e. The van der Waals surface area contributed by atoms with Crippen LogP contribution in [0.5, 0.6) is 0 Å². The summed E-state index contributed by atoms with van der Waals surface area (Å²) < 4.78 is 0. The summed E-state index contributed by atoms with van der Waals surface area (Å²) in [6.07, 6.45) is 0.537. The fourth-order valence-electron chi connectivity index (χ4n) is 3.10. The summed E-state index contributed by atoms with van der Waals surface area (Å²) in [6, 6.07) is 0. The van der Waals surface area contributed by atoms with Crippen LogP contribution >= 0.6 is 0 Å². The molecule has 0 aliphatic heterocycles. The lowest BCUT2D eigenvalue weighted by Crippen LogP contribution is -2.39. The van der Waals surface area contributed by atoms with Crippen LogP contribution in [0.2, 0.25) is 0 Å². The molecule has 13 heavy (non-hydrogen) atoms. The number of carbonyl (C=O) groups excluding carboxylic acids is 1. The van der Waals surface area contributed by atoms with Crippen LogP contribution in [0.4, 0.5) is 0 Å². The van der Waals surface area contributed by atoms with Crippen LogP contribution in [0.3, 0.4) is 0 Å². The van der Waals surface area contributed by atoms with Crippen molar-refractivity contribution in [1.29, 1.82) is 0 Å². The third-order valence-corrected chi connectivity index (χ3v) is 4.53. The summed E-state index contributed by atoms with van der Waals surface area (Å²) >= 11 is 0. The molecule has 0 aromatic heterocycles. The number of rotatable bonds is 1. The predicted molar refractivity (Wildman–Crippen MR) is 47.0 cm³/mol. The van der Waals surface area contributed by atoms with E-state index in [0.717, 1.165) is 0 Å². The smallest absolute Gasteiger partial charge is 0.137 e. The number of aliphatic hydroxyl groups excluding tert-OH is 2. The SMILES string of the molecule is CC1(CO)[C@H]2C[C@H](O)[C@]1(C)CC2=O. The van der Waals surface area contributed by atoms with E-state index in [1.54, 1.807) is 0 Å². The molecule has 2 aliphatic rings. The van der Waals surface area contributed by atoms with E-state index in [0.29, 0.717) is 12.8 Å². The molecule has 4 atom stereocenters. The first-order chi connectivity index (χ1) is 5.95. The van der Waals surface area contributed by atoms with E-state index in [-0.39, 0.29) is 18.3 Å². The molecule has 0 heterocycles. The zero-order valence-electron chi connectivity index (χ0n) is 8.08. The van der Waals surface area contributed by atoms with Crippen molar-refractivity contribution in [1.82, 2.24) is 0 Å². The van der Waals surface area contributed by atoms with Crippen molar-refractivity contribution in [2.24, 2.45) is 16.7 Å². The molecule has 2 fully saturated rings. The second kappa shape index (κ2) is 2.34. The molecule has 1 unspecified atom stereocenters. The number of hydrogen-bond acceptors (Lipinski definition) is 3. The Morgan fingerprint density at radius 1 is 1.54 bits per heavy atom. The zero-order chi connectivity index (χ0) is 9.85. The Labute approximate surface area is 77.8 Å². The molecule has 0 amide bonds. The molecule has 2 aliphatic carbocycles. The van der Waals surface area contributed by atoms with Crippen LogP contribution in [0.15, 0.2) is 0 Å². The average Bonchev–Trinajstić information content (AvgIpc) is 2.37. The van der Waals surface area contributed by atoms with Crippen LogP contribution in [0, 0.1) is 16.7 Å². The van der Waals surface area contributed by atoms with Gasteiger partial charge < -0.3 is 10.2 Å². The van der Waals surface area contributed by atoms with Gasteiger partial charge in [-0.05, 0) is 6.42 Å². The quantitative estimate of drug-likeness (QED) is 0.618. The molecule has 2 N–H and O–H groups in total. The lowest BCUT2D eigenvalue weighted by Gasteiger charge is -2.37. The van der Waals surface area contributed by atoms with Gasteiger partial charge in [-0.3, -0.25) is 4.79 Å². The van der Waals surface area contributed by atoms with Crippen molar-refractivity contribution in [3.63, 3.8) is 0 Å². The van der Waals surface area contributed by atoms with Gasteiger partial charge in [0.05, 0.1) is 6.10 Å². The Morgan fingerprint density at radius 2 is 2.15 bits per heavy atom. The Bertz CT molecular complexity index is 261. The maximum atomic E-state index is 11.5. The monoisotopic (exact) mass is 184 g/mol. The maximum absolute atomic E-state index is 11.5. The average molecular weight is 184 g/mol. The van der Waals surface area contributed by atoms with Crippen LogP contribution in [0.1, 0.15) is 26.7 Å². The Hall–Kier alpha value is -0.410. The summed E-state index contributed by atoms with van der Waals surface area (Å²) in [4.78, 5) is 11.5. The number of hydrogen-bond donors (Lipinski definition) is 2. The Balaban J connectivity index is 2.46. The van der Waals surface area contributed by atoms with Gasteiger partial charge in [0.1, 0.15) is 5.78 Å². The van der Waals surface area contributed by atoms with Crippen molar-refractivity contribution in [2.45, 2.75) is 32.8 Å². The molecule has 0 radical (unpaired) electrons. The van der Waals surface area contributed by atoms with Crippen molar-refractivity contribution in [3.05, 3.63) is 0 Å². The van der Waals surface area contributed by atoms with E-state index in [9.17, 15) is 15.0 Å². The number of Topliss-reactive ketones (excluding diaryl/α,β-unsaturated/α-hetero) is 1. The van der Waals surface area contributed by atoms with Gasteiger partial charge in [-0.15, -0.1) is 0 Å². The van der Waals surface area contributed by atoms with Crippen LogP contribution in [-0.2, 0) is 4.79 Å². The summed E-state index contributed by atoms with van der Waals surface area (Å²) in [6.45, 7) is 3.83. The minimum absolute atomic E-state index is 0.00301. The summed E-state index contributed by atoms with van der Waals surface area (Å²) in [5, 5.41) is 19.1. The van der Waals surface area contributed by atoms with E-state index >= 15 is 0 Å². The van der Waals surface area contributed by atoms with Crippen molar-refractivity contribution in [2.75, 3.05) is 6.61 Å². The standard InChI is InChI=1S/C10H16O3/c1-9-4-7(12)6(3-8(9)13)10(9,2)5-11/h6,8,11,13H,3-5H2,1-2H3/t6-,8-,9-,10?/m0/s1.